The molecule has 2 rings (SSSR count). The third-order valence-electron chi connectivity index (χ3n) is 3.43. The standard InChI is InChI=1S/C19H24N2O3/c1-14(2)9-10-24-17-7-5-15(11-18(17)22-3)12-20-16-6-8-19(23-4)21-13-16/h5-8,11-14H,9-10H2,1-4H3. The number of benzene rings is 1. The van der Waals surface area contributed by atoms with Crippen LogP contribution in [0.5, 0.6) is 17.4 Å². The molecule has 0 aliphatic rings. The number of aliphatic imine (C=N–C) groups is 1. The highest BCUT2D eigenvalue weighted by molar-refractivity contribution is 5.83. The number of aromatic nitrogens is 1. The zero-order valence-corrected chi connectivity index (χ0v) is 14.7. The quantitative estimate of drug-likeness (QED) is 0.679. The molecule has 0 unspecified atom stereocenters. The van der Waals surface area contributed by atoms with Gasteiger partial charge in [-0.25, -0.2) is 4.98 Å². The van der Waals surface area contributed by atoms with E-state index in [1.807, 2.05) is 24.3 Å². The van der Waals surface area contributed by atoms with Crippen molar-refractivity contribution in [2.24, 2.45) is 10.9 Å². The maximum absolute atomic E-state index is 5.79. The molecule has 1 aromatic heterocycles. The van der Waals surface area contributed by atoms with Crippen molar-refractivity contribution in [2.45, 2.75) is 20.3 Å². The second-order valence-corrected chi connectivity index (χ2v) is 5.76. The Balaban J connectivity index is 2.06. The Labute approximate surface area is 143 Å². The molecule has 24 heavy (non-hydrogen) atoms. The topological polar surface area (TPSA) is 52.9 Å². The molecule has 0 N–H and O–H groups in total. The lowest BCUT2D eigenvalue weighted by atomic mass is 10.1. The number of nitrogens with zero attached hydrogens (tertiary/aromatic N) is 2. The van der Waals surface area contributed by atoms with Crippen molar-refractivity contribution in [3.8, 4) is 17.4 Å². The summed E-state index contributed by atoms with van der Waals surface area (Å²) in [6.45, 7) is 5.03. The number of pyridine rings is 1. The number of hydrogen-bond donors (Lipinski definition) is 0. The van der Waals surface area contributed by atoms with E-state index in [9.17, 15) is 0 Å². The van der Waals surface area contributed by atoms with E-state index >= 15 is 0 Å². The number of rotatable bonds is 8. The zero-order chi connectivity index (χ0) is 17.4. The first-order valence-corrected chi connectivity index (χ1v) is 7.97. The van der Waals surface area contributed by atoms with E-state index in [0.29, 0.717) is 24.2 Å². The first-order valence-electron chi connectivity index (χ1n) is 7.97. The molecule has 128 valence electrons. The van der Waals surface area contributed by atoms with Crippen molar-refractivity contribution in [1.29, 1.82) is 0 Å². The van der Waals surface area contributed by atoms with Gasteiger partial charge in [0, 0.05) is 12.3 Å². The SMILES string of the molecule is COc1ccc(N=Cc2ccc(OCCC(C)C)c(OC)c2)cn1. The molecule has 0 aliphatic heterocycles. The van der Waals surface area contributed by atoms with Crippen LogP contribution in [0.15, 0.2) is 41.5 Å². The third kappa shape index (κ3) is 5.26. The van der Waals surface area contributed by atoms with Crippen LogP contribution in [-0.2, 0) is 0 Å². The Morgan fingerprint density at radius 3 is 2.54 bits per heavy atom. The smallest absolute Gasteiger partial charge is 0.213 e. The zero-order valence-electron chi connectivity index (χ0n) is 14.7. The molecule has 1 heterocycles. The van der Waals surface area contributed by atoms with Crippen LogP contribution in [0.4, 0.5) is 5.69 Å². The predicted molar refractivity (Wildman–Crippen MR) is 96.0 cm³/mol. The summed E-state index contributed by atoms with van der Waals surface area (Å²) in [6.07, 6.45) is 4.44. The van der Waals surface area contributed by atoms with Crippen LogP contribution < -0.4 is 14.2 Å². The molecule has 2 aromatic rings. The van der Waals surface area contributed by atoms with Crippen molar-refractivity contribution in [1.82, 2.24) is 4.98 Å². The molecule has 0 aliphatic carbocycles. The first-order chi connectivity index (χ1) is 11.6. The minimum atomic E-state index is 0.568. The van der Waals surface area contributed by atoms with Gasteiger partial charge in [-0.3, -0.25) is 4.99 Å². The van der Waals surface area contributed by atoms with Crippen LogP contribution in [-0.4, -0.2) is 32.0 Å². The normalized spacial score (nSPS) is 11.0. The fraction of sp³-hybridized carbons (Fsp3) is 0.368. The highest BCUT2D eigenvalue weighted by Gasteiger charge is 2.05. The highest BCUT2D eigenvalue weighted by atomic mass is 16.5. The van der Waals surface area contributed by atoms with Gasteiger partial charge in [0.15, 0.2) is 11.5 Å². The minimum Gasteiger partial charge on any atom is -0.493 e. The lowest BCUT2D eigenvalue weighted by molar-refractivity contribution is 0.273. The molecule has 0 radical (unpaired) electrons. The van der Waals surface area contributed by atoms with Gasteiger partial charge in [-0.1, -0.05) is 13.8 Å². The van der Waals surface area contributed by atoms with Crippen LogP contribution >= 0.6 is 0 Å². The van der Waals surface area contributed by atoms with Crippen LogP contribution in [0, 0.1) is 5.92 Å². The van der Waals surface area contributed by atoms with Gasteiger partial charge in [0.25, 0.3) is 0 Å². The van der Waals surface area contributed by atoms with Gasteiger partial charge >= 0.3 is 0 Å². The summed E-state index contributed by atoms with van der Waals surface area (Å²) in [5.74, 6) is 2.64. The van der Waals surface area contributed by atoms with E-state index in [1.165, 1.54) is 0 Å². The molecule has 0 spiro atoms. The largest absolute Gasteiger partial charge is 0.493 e. The highest BCUT2D eigenvalue weighted by Crippen LogP contribution is 2.28. The van der Waals surface area contributed by atoms with Gasteiger partial charge in [0.2, 0.25) is 5.88 Å². The summed E-state index contributed by atoms with van der Waals surface area (Å²) in [5.41, 5.74) is 1.69. The molecule has 0 saturated heterocycles. The Kier molecular flexibility index (Phi) is 6.61. The van der Waals surface area contributed by atoms with Crippen LogP contribution in [0.2, 0.25) is 0 Å². The average molecular weight is 328 g/mol. The summed E-state index contributed by atoms with van der Waals surface area (Å²) in [4.78, 5) is 8.53. The average Bonchev–Trinajstić information content (AvgIpc) is 2.60. The molecule has 0 bridgehead atoms. The maximum atomic E-state index is 5.79. The monoisotopic (exact) mass is 328 g/mol. The van der Waals surface area contributed by atoms with Crippen molar-refractivity contribution < 1.29 is 14.2 Å². The Hall–Kier alpha value is -2.56. The van der Waals surface area contributed by atoms with E-state index in [4.69, 9.17) is 14.2 Å². The predicted octanol–water partition coefficient (Wildman–Crippen LogP) is 4.27. The maximum Gasteiger partial charge on any atom is 0.213 e. The summed E-state index contributed by atoms with van der Waals surface area (Å²) < 4.78 is 16.2. The third-order valence-corrected chi connectivity index (χ3v) is 3.43. The molecule has 0 saturated carbocycles. The van der Waals surface area contributed by atoms with Gasteiger partial charge in [-0.05, 0) is 42.2 Å². The van der Waals surface area contributed by atoms with E-state index in [2.05, 4.69) is 23.8 Å². The van der Waals surface area contributed by atoms with Gasteiger partial charge in [0.05, 0.1) is 32.7 Å². The van der Waals surface area contributed by atoms with E-state index in [1.54, 1.807) is 32.7 Å². The number of hydrogen-bond acceptors (Lipinski definition) is 5. The fourth-order valence-electron chi connectivity index (χ4n) is 2.01. The molecule has 0 amide bonds. The molecular formula is C19H24N2O3. The summed E-state index contributed by atoms with van der Waals surface area (Å²) in [7, 11) is 3.22. The van der Waals surface area contributed by atoms with Crippen molar-refractivity contribution in [2.75, 3.05) is 20.8 Å². The molecular weight excluding hydrogens is 304 g/mol. The Morgan fingerprint density at radius 2 is 1.92 bits per heavy atom. The van der Waals surface area contributed by atoms with Crippen LogP contribution in [0.25, 0.3) is 0 Å². The lowest BCUT2D eigenvalue weighted by Crippen LogP contribution is -2.02. The minimum absolute atomic E-state index is 0.568. The number of ether oxygens (including phenoxy) is 3. The van der Waals surface area contributed by atoms with Gasteiger partial charge in [-0.2, -0.15) is 0 Å². The Bertz CT molecular complexity index is 667. The van der Waals surface area contributed by atoms with Gasteiger partial charge < -0.3 is 14.2 Å². The molecule has 5 nitrogen and oxygen atoms in total. The second-order valence-electron chi connectivity index (χ2n) is 5.76. The van der Waals surface area contributed by atoms with Crippen LogP contribution in [0.3, 0.4) is 0 Å². The van der Waals surface area contributed by atoms with E-state index in [-0.39, 0.29) is 0 Å². The van der Waals surface area contributed by atoms with E-state index in [0.717, 1.165) is 23.4 Å². The Morgan fingerprint density at radius 1 is 1.08 bits per heavy atom. The molecule has 5 heteroatoms. The summed E-state index contributed by atoms with van der Waals surface area (Å²) in [5, 5.41) is 0. The van der Waals surface area contributed by atoms with Gasteiger partial charge in [-0.15, -0.1) is 0 Å². The fourth-order valence-corrected chi connectivity index (χ4v) is 2.01. The van der Waals surface area contributed by atoms with E-state index < -0.39 is 0 Å². The van der Waals surface area contributed by atoms with Gasteiger partial charge in [0.1, 0.15) is 0 Å². The summed E-state index contributed by atoms with van der Waals surface area (Å²) in [6, 6.07) is 9.40. The van der Waals surface area contributed by atoms with Crippen molar-refractivity contribution in [3.63, 3.8) is 0 Å². The van der Waals surface area contributed by atoms with Crippen molar-refractivity contribution >= 4 is 11.9 Å². The molecule has 1 aromatic carbocycles. The summed E-state index contributed by atoms with van der Waals surface area (Å²) >= 11 is 0. The van der Waals surface area contributed by atoms with Crippen LogP contribution in [0.1, 0.15) is 25.8 Å². The second kappa shape index (κ2) is 8.91. The first kappa shape index (κ1) is 17.8. The number of methoxy groups -OCH3 is 2. The molecule has 0 fully saturated rings. The molecule has 0 atom stereocenters. The lowest BCUT2D eigenvalue weighted by Gasteiger charge is -2.12. The van der Waals surface area contributed by atoms with Crippen molar-refractivity contribution in [3.05, 3.63) is 42.1 Å².